The largest absolute Gasteiger partial charge is 0.513 e. The first kappa shape index (κ1) is 22.1. The van der Waals surface area contributed by atoms with Crippen LogP contribution in [-0.4, -0.2) is 71.3 Å². The number of ether oxygens (including phenoxy) is 4. The van der Waals surface area contributed by atoms with Crippen LogP contribution >= 0.6 is 0 Å². The molecule has 0 bridgehead atoms. The lowest BCUT2D eigenvalue weighted by Gasteiger charge is -2.39. The van der Waals surface area contributed by atoms with Crippen LogP contribution in [0.2, 0.25) is 0 Å². The van der Waals surface area contributed by atoms with Crippen LogP contribution in [0.15, 0.2) is 24.3 Å². The van der Waals surface area contributed by atoms with Crippen molar-refractivity contribution in [1.82, 2.24) is 0 Å². The van der Waals surface area contributed by atoms with Crippen molar-refractivity contribution in [3.05, 3.63) is 24.3 Å². The minimum Gasteiger partial charge on any atom is -0.432 e. The molecule has 1 aromatic carbocycles. The van der Waals surface area contributed by atoms with Crippen LogP contribution in [0.4, 0.5) is 10.5 Å². The molecule has 10 heteroatoms. The first-order valence-electron chi connectivity index (χ1n) is 8.85. The van der Waals surface area contributed by atoms with Crippen molar-refractivity contribution in [3.8, 4) is 5.75 Å². The Balaban J connectivity index is 1.71. The summed E-state index contributed by atoms with van der Waals surface area (Å²) in [6.45, 7) is 2.85. The van der Waals surface area contributed by atoms with E-state index in [0.717, 1.165) is 0 Å². The summed E-state index contributed by atoms with van der Waals surface area (Å²) in [5.74, 6) is 0.0152. The van der Waals surface area contributed by atoms with Gasteiger partial charge in [-0.1, -0.05) is 6.92 Å². The highest BCUT2D eigenvalue weighted by Gasteiger charge is 2.43. The zero-order valence-electron chi connectivity index (χ0n) is 15.6. The first-order valence-corrected chi connectivity index (χ1v) is 8.85. The average Bonchev–Trinajstić information content (AvgIpc) is 2.66. The number of aliphatic hydroxyl groups excluding tert-OH is 3. The summed E-state index contributed by atoms with van der Waals surface area (Å²) < 4.78 is 20.5. The number of hydrogen-bond donors (Lipinski definition) is 4. The molecular weight excluding hydrogens is 374 g/mol. The molecule has 1 amide bonds. The highest BCUT2D eigenvalue weighted by molar-refractivity contribution is 5.88. The van der Waals surface area contributed by atoms with E-state index in [0.29, 0.717) is 12.1 Å². The molecule has 4 N–H and O–H groups in total. The number of benzene rings is 1. The second-order valence-corrected chi connectivity index (χ2v) is 6.20. The van der Waals surface area contributed by atoms with Crippen LogP contribution in [0.5, 0.6) is 5.75 Å². The molecule has 2 rings (SSSR count). The van der Waals surface area contributed by atoms with Gasteiger partial charge in [-0.15, -0.1) is 0 Å². The summed E-state index contributed by atoms with van der Waals surface area (Å²) in [5.41, 5.74) is 0.561. The molecule has 1 aromatic rings. The fourth-order valence-electron chi connectivity index (χ4n) is 2.62. The van der Waals surface area contributed by atoms with Gasteiger partial charge in [0, 0.05) is 12.6 Å². The molecule has 0 aliphatic carbocycles. The van der Waals surface area contributed by atoms with E-state index in [9.17, 15) is 24.9 Å². The molecule has 1 aliphatic heterocycles. The number of anilines is 1. The Morgan fingerprint density at radius 3 is 2.36 bits per heavy atom. The zero-order chi connectivity index (χ0) is 20.7. The van der Waals surface area contributed by atoms with Gasteiger partial charge >= 0.3 is 6.16 Å². The zero-order valence-corrected chi connectivity index (χ0v) is 15.6. The SMILES string of the molecule is CC[C@H]1O[C@@H](OCCOC(=O)Oc2ccc(NC(C)=O)cc2)[C@H](O)[C@@H](O)[C@@H]1O. The molecule has 1 heterocycles. The van der Waals surface area contributed by atoms with Crippen LogP contribution < -0.4 is 10.1 Å². The van der Waals surface area contributed by atoms with Gasteiger partial charge in [-0.25, -0.2) is 4.79 Å². The highest BCUT2D eigenvalue weighted by Crippen LogP contribution is 2.23. The summed E-state index contributed by atoms with van der Waals surface area (Å²) in [6.07, 6.45) is -6.37. The number of nitrogens with one attached hydrogen (secondary N) is 1. The van der Waals surface area contributed by atoms with Gasteiger partial charge in [0.15, 0.2) is 6.29 Å². The van der Waals surface area contributed by atoms with Gasteiger partial charge in [0.1, 0.15) is 30.7 Å². The van der Waals surface area contributed by atoms with Gasteiger partial charge in [-0.05, 0) is 30.7 Å². The van der Waals surface area contributed by atoms with Crippen molar-refractivity contribution < 1.29 is 43.9 Å². The molecule has 5 atom stereocenters. The van der Waals surface area contributed by atoms with Crippen LogP contribution in [0.3, 0.4) is 0 Å². The minimum absolute atomic E-state index is 0.114. The third-order valence-corrected chi connectivity index (χ3v) is 4.03. The Hall–Kier alpha value is -2.24. The van der Waals surface area contributed by atoms with Crippen LogP contribution in [0.25, 0.3) is 0 Å². The third-order valence-electron chi connectivity index (χ3n) is 4.03. The maximum absolute atomic E-state index is 11.7. The maximum atomic E-state index is 11.7. The van der Waals surface area contributed by atoms with Crippen molar-refractivity contribution in [2.24, 2.45) is 0 Å². The topological polar surface area (TPSA) is 144 Å². The van der Waals surface area contributed by atoms with Gasteiger partial charge in [-0.3, -0.25) is 4.79 Å². The number of carbonyl (C=O) groups excluding carboxylic acids is 2. The summed E-state index contributed by atoms with van der Waals surface area (Å²) in [6, 6.07) is 6.12. The smallest absolute Gasteiger partial charge is 0.432 e. The maximum Gasteiger partial charge on any atom is 0.513 e. The van der Waals surface area contributed by atoms with Gasteiger partial charge in [0.05, 0.1) is 12.7 Å². The molecular formula is C18H25NO9. The predicted molar refractivity (Wildman–Crippen MR) is 95.6 cm³/mol. The normalized spacial score (nSPS) is 27.1. The fourth-order valence-corrected chi connectivity index (χ4v) is 2.62. The summed E-state index contributed by atoms with van der Waals surface area (Å²) in [7, 11) is 0. The van der Waals surface area contributed by atoms with Crippen molar-refractivity contribution in [3.63, 3.8) is 0 Å². The van der Waals surface area contributed by atoms with E-state index < -0.39 is 36.9 Å². The third kappa shape index (κ3) is 6.14. The number of carbonyl (C=O) groups is 2. The number of amides is 1. The molecule has 10 nitrogen and oxygen atoms in total. The molecule has 156 valence electrons. The highest BCUT2D eigenvalue weighted by atomic mass is 16.7. The molecule has 1 aliphatic rings. The lowest BCUT2D eigenvalue weighted by Crippen LogP contribution is -2.58. The van der Waals surface area contributed by atoms with E-state index >= 15 is 0 Å². The van der Waals surface area contributed by atoms with Gasteiger partial charge < -0.3 is 39.6 Å². The van der Waals surface area contributed by atoms with Crippen molar-refractivity contribution in [2.75, 3.05) is 18.5 Å². The molecule has 0 saturated carbocycles. The lowest BCUT2D eigenvalue weighted by molar-refractivity contribution is -0.298. The average molecular weight is 399 g/mol. The van der Waals surface area contributed by atoms with Gasteiger partial charge in [0.25, 0.3) is 0 Å². The van der Waals surface area contributed by atoms with E-state index in [1.54, 1.807) is 19.1 Å². The Morgan fingerprint density at radius 1 is 1.07 bits per heavy atom. The van der Waals surface area contributed by atoms with Crippen molar-refractivity contribution in [2.45, 2.75) is 51.0 Å². The van der Waals surface area contributed by atoms with E-state index in [1.165, 1.54) is 19.1 Å². The molecule has 1 fully saturated rings. The van der Waals surface area contributed by atoms with E-state index in [1.807, 2.05) is 0 Å². The second kappa shape index (κ2) is 10.3. The van der Waals surface area contributed by atoms with E-state index in [-0.39, 0.29) is 24.9 Å². The van der Waals surface area contributed by atoms with Crippen LogP contribution in [0.1, 0.15) is 20.3 Å². The quantitative estimate of drug-likeness (QED) is 0.291. The summed E-state index contributed by atoms with van der Waals surface area (Å²) in [5, 5.41) is 32.0. The Kier molecular flexibility index (Phi) is 8.15. The van der Waals surface area contributed by atoms with E-state index in [4.69, 9.17) is 18.9 Å². The second-order valence-electron chi connectivity index (χ2n) is 6.20. The lowest BCUT2D eigenvalue weighted by atomic mass is 9.97. The Labute approximate surface area is 162 Å². The van der Waals surface area contributed by atoms with E-state index in [2.05, 4.69) is 5.32 Å². The fraction of sp³-hybridized carbons (Fsp3) is 0.556. The van der Waals surface area contributed by atoms with Crippen LogP contribution in [0, 0.1) is 0 Å². The molecule has 28 heavy (non-hydrogen) atoms. The summed E-state index contributed by atoms with van der Waals surface area (Å²) >= 11 is 0. The van der Waals surface area contributed by atoms with Crippen molar-refractivity contribution >= 4 is 17.7 Å². The first-order chi connectivity index (χ1) is 13.3. The molecule has 0 aromatic heterocycles. The standard InChI is InChI=1S/C18H25NO9/c1-3-13-14(21)15(22)16(23)17(28-13)25-8-9-26-18(24)27-12-6-4-11(5-7-12)19-10(2)20/h4-7,13-17,21-23H,3,8-9H2,1-2H3,(H,19,20)/t13-,14-,15+,16-,17-/m1/s1. The van der Waals surface area contributed by atoms with Gasteiger partial charge in [0.2, 0.25) is 5.91 Å². The molecule has 0 spiro atoms. The molecule has 0 unspecified atom stereocenters. The van der Waals surface area contributed by atoms with Crippen LogP contribution in [-0.2, 0) is 19.0 Å². The van der Waals surface area contributed by atoms with Crippen molar-refractivity contribution in [1.29, 1.82) is 0 Å². The van der Waals surface area contributed by atoms with Gasteiger partial charge in [-0.2, -0.15) is 0 Å². The Morgan fingerprint density at radius 2 is 1.75 bits per heavy atom. The minimum atomic E-state index is -1.42. The monoisotopic (exact) mass is 399 g/mol. The number of rotatable bonds is 7. The molecule has 0 radical (unpaired) electrons. The summed E-state index contributed by atoms with van der Waals surface area (Å²) in [4.78, 5) is 22.6. The molecule has 1 saturated heterocycles. The predicted octanol–water partition coefficient (Wildman–Crippen LogP) is 0.395. The number of aliphatic hydroxyl groups is 3. The Bertz CT molecular complexity index is 649. The number of hydrogen-bond acceptors (Lipinski definition) is 9.